The van der Waals surface area contributed by atoms with Crippen LogP contribution in [0.2, 0.25) is 19.1 Å². The minimum Gasteiger partial charge on any atom is -0.444 e. The molecular formula is C21H28BrN3O3Si. The van der Waals surface area contributed by atoms with E-state index in [1.54, 1.807) is 11.0 Å². The first-order valence-electron chi connectivity index (χ1n) is 9.64. The highest BCUT2D eigenvalue weighted by Crippen LogP contribution is 2.34. The third kappa shape index (κ3) is 4.92. The smallest absolute Gasteiger partial charge is 0.410 e. The largest absolute Gasteiger partial charge is 0.444 e. The lowest BCUT2D eigenvalue weighted by molar-refractivity contribution is -0.120. The highest BCUT2D eigenvalue weighted by Gasteiger charge is 2.46. The Morgan fingerprint density at radius 2 is 1.93 bits per heavy atom. The molecule has 1 aliphatic heterocycles. The van der Waals surface area contributed by atoms with E-state index in [4.69, 9.17) is 10.5 Å². The van der Waals surface area contributed by atoms with Gasteiger partial charge >= 0.3 is 6.09 Å². The van der Waals surface area contributed by atoms with Crippen LogP contribution in [0.25, 0.3) is 10.8 Å². The number of carbonyl (C=O) groups excluding carboxylic acids is 2. The molecule has 2 aromatic rings. The molecule has 1 heterocycles. The molecule has 1 saturated heterocycles. The first-order valence-corrected chi connectivity index (χ1v) is 13.9. The Hall–Kier alpha value is -2.06. The summed E-state index contributed by atoms with van der Waals surface area (Å²) in [5.41, 5.74) is 6.64. The molecule has 8 heteroatoms. The standard InChI is InChI=1S/C21H28BrN3O3Si/c1-21(2,3)28-20(27)25-12-29(4,5)11-17(25)19(26)24-18-15-8-7-14(22)10-13(15)6-9-16(18)23/h6-10,17H,11-12,23H2,1-5H3,(H,24,26)/t17-/m0/s1. The van der Waals surface area contributed by atoms with Gasteiger partial charge in [-0.1, -0.05) is 41.2 Å². The maximum Gasteiger partial charge on any atom is 0.410 e. The zero-order valence-corrected chi connectivity index (χ0v) is 20.1. The average Bonchev–Trinajstić information content (AvgIpc) is 2.92. The summed E-state index contributed by atoms with van der Waals surface area (Å²) >= 11 is 3.47. The van der Waals surface area contributed by atoms with Crippen LogP contribution < -0.4 is 11.1 Å². The second kappa shape index (κ2) is 7.64. The Bertz CT molecular complexity index is 972. The molecule has 2 amide bonds. The molecule has 1 fully saturated rings. The fraction of sp³-hybridized carbons (Fsp3) is 0.429. The zero-order chi connectivity index (χ0) is 21.6. The van der Waals surface area contributed by atoms with Crippen molar-refractivity contribution >= 4 is 58.2 Å². The Balaban J connectivity index is 1.90. The van der Waals surface area contributed by atoms with Crippen molar-refractivity contribution in [2.24, 2.45) is 0 Å². The number of nitrogens with one attached hydrogen (secondary N) is 1. The third-order valence-corrected chi connectivity index (χ3v) is 8.10. The molecule has 0 spiro atoms. The number of ether oxygens (including phenoxy) is 1. The summed E-state index contributed by atoms with van der Waals surface area (Å²) in [6.07, 6.45) is 0.156. The Morgan fingerprint density at radius 3 is 2.59 bits per heavy atom. The van der Waals surface area contributed by atoms with Gasteiger partial charge in [0.25, 0.3) is 0 Å². The first-order chi connectivity index (χ1) is 13.4. The van der Waals surface area contributed by atoms with Crippen LogP contribution in [0.5, 0.6) is 0 Å². The van der Waals surface area contributed by atoms with Gasteiger partial charge in [-0.05, 0) is 50.4 Å². The number of halogens is 1. The van der Waals surface area contributed by atoms with Crippen molar-refractivity contribution in [1.82, 2.24) is 4.90 Å². The van der Waals surface area contributed by atoms with E-state index in [0.717, 1.165) is 15.2 Å². The van der Waals surface area contributed by atoms with E-state index < -0.39 is 25.8 Å². The van der Waals surface area contributed by atoms with Crippen molar-refractivity contribution in [3.05, 3.63) is 34.8 Å². The van der Waals surface area contributed by atoms with Crippen LogP contribution in [0.3, 0.4) is 0 Å². The first kappa shape index (κ1) is 21.6. The molecule has 2 aromatic carbocycles. The lowest BCUT2D eigenvalue weighted by Crippen LogP contribution is -2.45. The number of fused-ring (bicyclic) bond motifs is 1. The van der Waals surface area contributed by atoms with Crippen LogP contribution in [-0.4, -0.2) is 42.8 Å². The van der Waals surface area contributed by atoms with Gasteiger partial charge in [0.05, 0.1) is 19.4 Å². The normalized spacial score (nSPS) is 18.7. The fourth-order valence-electron chi connectivity index (χ4n) is 3.68. The number of hydrogen-bond donors (Lipinski definition) is 2. The minimum atomic E-state index is -1.73. The summed E-state index contributed by atoms with van der Waals surface area (Å²) < 4.78 is 6.50. The molecule has 156 valence electrons. The minimum absolute atomic E-state index is 0.226. The zero-order valence-electron chi connectivity index (χ0n) is 17.5. The van der Waals surface area contributed by atoms with Crippen LogP contribution in [0.4, 0.5) is 16.2 Å². The predicted molar refractivity (Wildman–Crippen MR) is 124 cm³/mol. The van der Waals surface area contributed by atoms with Gasteiger partial charge in [0.15, 0.2) is 0 Å². The molecule has 0 aromatic heterocycles. The third-order valence-electron chi connectivity index (χ3n) is 4.91. The van der Waals surface area contributed by atoms with E-state index in [-0.39, 0.29) is 5.91 Å². The van der Waals surface area contributed by atoms with E-state index in [0.29, 0.717) is 23.6 Å². The molecule has 3 rings (SSSR count). The highest BCUT2D eigenvalue weighted by atomic mass is 79.9. The Morgan fingerprint density at radius 1 is 1.24 bits per heavy atom. The van der Waals surface area contributed by atoms with Crippen molar-refractivity contribution in [1.29, 1.82) is 0 Å². The molecule has 0 radical (unpaired) electrons. The topological polar surface area (TPSA) is 84.7 Å². The number of nitrogens with two attached hydrogens (primary N) is 1. The van der Waals surface area contributed by atoms with Crippen LogP contribution in [-0.2, 0) is 9.53 Å². The molecule has 0 unspecified atom stereocenters. The Kier molecular flexibility index (Phi) is 5.70. The Labute approximate surface area is 180 Å². The van der Waals surface area contributed by atoms with Crippen LogP contribution >= 0.6 is 15.9 Å². The number of hydrogen-bond acceptors (Lipinski definition) is 4. The second-order valence-corrected chi connectivity index (χ2v) is 15.3. The maximum absolute atomic E-state index is 13.2. The maximum atomic E-state index is 13.2. The fourth-order valence-corrected chi connectivity index (χ4v) is 6.91. The van der Waals surface area contributed by atoms with Gasteiger partial charge in [-0.15, -0.1) is 0 Å². The van der Waals surface area contributed by atoms with Crippen molar-refractivity contribution in [2.45, 2.75) is 51.6 Å². The molecule has 3 N–H and O–H groups in total. The van der Waals surface area contributed by atoms with Gasteiger partial charge in [0.2, 0.25) is 5.91 Å². The van der Waals surface area contributed by atoms with E-state index in [1.807, 2.05) is 45.0 Å². The lowest BCUT2D eigenvalue weighted by Gasteiger charge is -2.28. The van der Waals surface area contributed by atoms with Gasteiger partial charge in [-0.3, -0.25) is 9.69 Å². The van der Waals surface area contributed by atoms with Gasteiger partial charge in [0.1, 0.15) is 11.6 Å². The highest BCUT2D eigenvalue weighted by molar-refractivity contribution is 9.10. The molecule has 1 atom stereocenters. The van der Waals surface area contributed by atoms with E-state index >= 15 is 0 Å². The summed E-state index contributed by atoms with van der Waals surface area (Å²) in [5.74, 6) is -0.226. The van der Waals surface area contributed by atoms with Crippen LogP contribution in [0.15, 0.2) is 34.8 Å². The van der Waals surface area contributed by atoms with E-state index in [9.17, 15) is 9.59 Å². The lowest BCUT2D eigenvalue weighted by atomic mass is 10.1. The summed E-state index contributed by atoms with van der Waals surface area (Å²) in [7, 11) is -1.73. The number of nitrogen functional groups attached to an aromatic ring is 1. The second-order valence-electron chi connectivity index (χ2n) is 9.38. The van der Waals surface area contributed by atoms with Crippen molar-refractivity contribution < 1.29 is 14.3 Å². The van der Waals surface area contributed by atoms with Gasteiger partial charge in [-0.2, -0.15) is 0 Å². The van der Waals surface area contributed by atoms with E-state index in [2.05, 4.69) is 34.3 Å². The monoisotopic (exact) mass is 477 g/mol. The SMILES string of the molecule is CC(C)(C)OC(=O)N1C[Si](C)(C)C[C@H]1C(=O)Nc1c(N)ccc2cc(Br)ccc12. The molecule has 6 nitrogen and oxygen atoms in total. The number of rotatable bonds is 2. The quantitative estimate of drug-likeness (QED) is 0.471. The molecule has 0 aliphatic carbocycles. The summed E-state index contributed by atoms with van der Waals surface area (Å²) in [6.45, 7) is 9.84. The van der Waals surface area contributed by atoms with Crippen molar-refractivity contribution in [2.75, 3.05) is 17.2 Å². The molecule has 0 bridgehead atoms. The number of amides is 2. The summed E-state index contributed by atoms with van der Waals surface area (Å²) in [5, 5.41) is 4.82. The molecule has 0 saturated carbocycles. The predicted octanol–water partition coefficient (Wildman–Crippen LogP) is 4.99. The van der Waals surface area contributed by atoms with Crippen molar-refractivity contribution in [3.8, 4) is 0 Å². The summed E-state index contributed by atoms with van der Waals surface area (Å²) in [4.78, 5) is 27.6. The van der Waals surface area contributed by atoms with Gasteiger partial charge in [-0.25, -0.2) is 4.79 Å². The molecule has 29 heavy (non-hydrogen) atoms. The average molecular weight is 478 g/mol. The number of nitrogens with zero attached hydrogens (tertiary/aromatic N) is 1. The van der Waals surface area contributed by atoms with Gasteiger partial charge in [0, 0.05) is 16.0 Å². The summed E-state index contributed by atoms with van der Waals surface area (Å²) in [6, 6.07) is 9.64. The number of anilines is 2. The van der Waals surface area contributed by atoms with Crippen LogP contribution in [0, 0.1) is 0 Å². The van der Waals surface area contributed by atoms with Crippen LogP contribution in [0.1, 0.15) is 20.8 Å². The van der Waals surface area contributed by atoms with E-state index in [1.165, 1.54) is 0 Å². The molecule has 1 aliphatic rings. The van der Waals surface area contributed by atoms with Crippen molar-refractivity contribution in [3.63, 3.8) is 0 Å². The number of benzene rings is 2. The van der Waals surface area contributed by atoms with Gasteiger partial charge < -0.3 is 15.8 Å². The number of carbonyl (C=O) groups is 2. The molecular weight excluding hydrogens is 450 g/mol.